The Balaban J connectivity index is 1.94. The van der Waals surface area contributed by atoms with E-state index in [-0.39, 0.29) is 5.91 Å². The first kappa shape index (κ1) is 16.0. The SMILES string of the molecule is CC(C)c1ccccc1O[C@H](C)C(=O)NCc1ccncc1. The van der Waals surface area contributed by atoms with Gasteiger partial charge in [0.25, 0.3) is 5.91 Å². The highest BCUT2D eigenvalue weighted by Gasteiger charge is 2.16. The summed E-state index contributed by atoms with van der Waals surface area (Å²) in [5.41, 5.74) is 2.12. The first-order valence-electron chi connectivity index (χ1n) is 7.50. The minimum absolute atomic E-state index is 0.129. The molecule has 22 heavy (non-hydrogen) atoms. The average Bonchev–Trinajstić information content (AvgIpc) is 2.53. The minimum Gasteiger partial charge on any atom is -0.481 e. The highest BCUT2D eigenvalue weighted by atomic mass is 16.5. The Kier molecular flexibility index (Phi) is 5.53. The van der Waals surface area contributed by atoms with E-state index in [0.29, 0.717) is 12.5 Å². The fourth-order valence-electron chi connectivity index (χ4n) is 2.14. The van der Waals surface area contributed by atoms with Crippen LogP contribution in [0, 0.1) is 0 Å². The van der Waals surface area contributed by atoms with Crippen LogP contribution in [0.1, 0.15) is 37.8 Å². The number of aromatic nitrogens is 1. The van der Waals surface area contributed by atoms with Crippen molar-refractivity contribution < 1.29 is 9.53 Å². The fourth-order valence-corrected chi connectivity index (χ4v) is 2.14. The number of para-hydroxylation sites is 1. The fraction of sp³-hybridized carbons (Fsp3) is 0.333. The molecule has 0 radical (unpaired) electrons. The maximum Gasteiger partial charge on any atom is 0.261 e. The van der Waals surface area contributed by atoms with Crippen LogP contribution in [0.3, 0.4) is 0 Å². The molecule has 1 amide bonds. The maximum absolute atomic E-state index is 12.2. The molecular weight excluding hydrogens is 276 g/mol. The molecule has 4 heteroatoms. The Morgan fingerprint density at radius 1 is 1.14 bits per heavy atom. The van der Waals surface area contributed by atoms with Crippen molar-refractivity contribution in [3.8, 4) is 5.75 Å². The Hall–Kier alpha value is -2.36. The molecule has 0 spiro atoms. The second-order valence-electron chi connectivity index (χ2n) is 5.53. The van der Waals surface area contributed by atoms with Gasteiger partial charge in [0.1, 0.15) is 5.75 Å². The Labute approximate surface area is 131 Å². The van der Waals surface area contributed by atoms with Crippen molar-refractivity contribution in [1.29, 1.82) is 0 Å². The molecule has 1 aromatic carbocycles. The summed E-state index contributed by atoms with van der Waals surface area (Å²) in [5.74, 6) is 0.989. The molecule has 2 aromatic rings. The topological polar surface area (TPSA) is 51.2 Å². The van der Waals surface area contributed by atoms with E-state index < -0.39 is 6.10 Å². The summed E-state index contributed by atoms with van der Waals surface area (Å²) < 4.78 is 5.83. The zero-order chi connectivity index (χ0) is 15.9. The lowest BCUT2D eigenvalue weighted by Crippen LogP contribution is -2.36. The van der Waals surface area contributed by atoms with E-state index in [2.05, 4.69) is 24.1 Å². The minimum atomic E-state index is -0.540. The molecule has 4 nitrogen and oxygen atoms in total. The van der Waals surface area contributed by atoms with E-state index >= 15 is 0 Å². The van der Waals surface area contributed by atoms with Crippen LogP contribution in [0.5, 0.6) is 5.75 Å². The van der Waals surface area contributed by atoms with Gasteiger partial charge in [-0.1, -0.05) is 32.0 Å². The van der Waals surface area contributed by atoms with Gasteiger partial charge in [0.05, 0.1) is 0 Å². The summed E-state index contributed by atoms with van der Waals surface area (Å²) in [6.07, 6.45) is 2.88. The molecule has 0 unspecified atom stereocenters. The second-order valence-corrected chi connectivity index (χ2v) is 5.53. The number of hydrogen-bond donors (Lipinski definition) is 1. The van der Waals surface area contributed by atoms with E-state index in [1.165, 1.54) is 0 Å². The standard InChI is InChI=1S/C18H22N2O2/c1-13(2)16-6-4-5-7-17(16)22-14(3)18(21)20-12-15-8-10-19-11-9-15/h4-11,13-14H,12H2,1-3H3,(H,20,21)/t14-/m1/s1. The second kappa shape index (κ2) is 7.59. The van der Waals surface area contributed by atoms with E-state index in [1.807, 2.05) is 36.4 Å². The number of pyridine rings is 1. The lowest BCUT2D eigenvalue weighted by atomic mass is 10.0. The number of ether oxygens (including phenoxy) is 1. The predicted molar refractivity (Wildman–Crippen MR) is 86.7 cm³/mol. The zero-order valence-electron chi connectivity index (χ0n) is 13.2. The number of benzene rings is 1. The van der Waals surface area contributed by atoms with Gasteiger partial charge < -0.3 is 10.1 Å². The van der Waals surface area contributed by atoms with Gasteiger partial charge in [0.2, 0.25) is 0 Å². The van der Waals surface area contributed by atoms with Gasteiger partial charge in [-0.2, -0.15) is 0 Å². The number of carbonyl (C=O) groups is 1. The third kappa shape index (κ3) is 4.32. The molecule has 0 aliphatic rings. The van der Waals surface area contributed by atoms with Crippen LogP contribution >= 0.6 is 0 Å². The van der Waals surface area contributed by atoms with Crippen molar-refractivity contribution in [2.75, 3.05) is 0 Å². The van der Waals surface area contributed by atoms with Gasteiger partial charge in [-0.3, -0.25) is 9.78 Å². The molecule has 1 atom stereocenters. The first-order chi connectivity index (χ1) is 10.6. The Bertz CT molecular complexity index is 611. The number of hydrogen-bond acceptors (Lipinski definition) is 3. The molecule has 1 N–H and O–H groups in total. The van der Waals surface area contributed by atoms with Crippen molar-refractivity contribution in [1.82, 2.24) is 10.3 Å². The molecule has 2 rings (SSSR count). The quantitative estimate of drug-likeness (QED) is 0.890. The van der Waals surface area contributed by atoms with Gasteiger partial charge >= 0.3 is 0 Å². The monoisotopic (exact) mass is 298 g/mol. The lowest BCUT2D eigenvalue weighted by Gasteiger charge is -2.18. The van der Waals surface area contributed by atoms with Gasteiger partial charge in [0.15, 0.2) is 6.10 Å². The molecule has 0 saturated heterocycles. The van der Waals surface area contributed by atoms with Crippen LogP contribution in [0.4, 0.5) is 0 Å². The molecule has 116 valence electrons. The van der Waals surface area contributed by atoms with Crippen LogP contribution in [0.2, 0.25) is 0 Å². The molecular formula is C18H22N2O2. The van der Waals surface area contributed by atoms with Crippen LogP contribution < -0.4 is 10.1 Å². The molecule has 0 saturated carbocycles. The van der Waals surface area contributed by atoms with Crippen LogP contribution in [0.15, 0.2) is 48.8 Å². The predicted octanol–water partition coefficient (Wildman–Crippen LogP) is 3.29. The van der Waals surface area contributed by atoms with Gasteiger partial charge in [0, 0.05) is 18.9 Å². The third-order valence-electron chi connectivity index (χ3n) is 3.43. The summed E-state index contributed by atoms with van der Waals surface area (Å²) in [7, 11) is 0. The van der Waals surface area contributed by atoms with E-state index in [0.717, 1.165) is 16.9 Å². The average molecular weight is 298 g/mol. The lowest BCUT2D eigenvalue weighted by molar-refractivity contribution is -0.127. The van der Waals surface area contributed by atoms with Crippen LogP contribution in [0.25, 0.3) is 0 Å². The smallest absolute Gasteiger partial charge is 0.261 e. The molecule has 0 fully saturated rings. The number of nitrogens with zero attached hydrogens (tertiary/aromatic N) is 1. The molecule has 0 aliphatic heterocycles. The van der Waals surface area contributed by atoms with Gasteiger partial charge in [-0.15, -0.1) is 0 Å². The highest BCUT2D eigenvalue weighted by molar-refractivity contribution is 5.80. The molecule has 1 heterocycles. The van der Waals surface area contributed by atoms with E-state index in [9.17, 15) is 4.79 Å². The van der Waals surface area contributed by atoms with E-state index in [4.69, 9.17) is 4.74 Å². The summed E-state index contributed by atoms with van der Waals surface area (Å²) in [6.45, 7) is 6.45. The van der Waals surface area contributed by atoms with Crippen LogP contribution in [-0.2, 0) is 11.3 Å². The Morgan fingerprint density at radius 3 is 2.50 bits per heavy atom. The summed E-state index contributed by atoms with van der Waals surface area (Å²) in [4.78, 5) is 16.1. The van der Waals surface area contributed by atoms with Gasteiger partial charge in [-0.25, -0.2) is 0 Å². The number of amides is 1. The Morgan fingerprint density at radius 2 is 1.82 bits per heavy atom. The summed E-state index contributed by atoms with van der Waals surface area (Å²) in [5, 5.41) is 2.88. The summed E-state index contributed by atoms with van der Waals surface area (Å²) in [6, 6.07) is 11.6. The van der Waals surface area contributed by atoms with Crippen molar-refractivity contribution in [3.63, 3.8) is 0 Å². The molecule has 1 aromatic heterocycles. The first-order valence-corrected chi connectivity index (χ1v) is 7.50. The number of carbonyl (C=O) groups excluding carboxylic acids is 1. The molecule has 0 aliphatic carbocycles. The van der Waals surface area contributed by atoms with E-state index in [1.54, 1.807) is 19.3 Å². The van der Waals surface area contributed by atoms with Crippen molar-refractivity contribution in [2.24, 2.45) is 0 Å². The highest BCUT2D eigenvalue weighted by Crippen LogP contribution is 2.26. The number of rotatable bonds is 6. The number of nitrogens with one attached hydrogen (secondary N) is 1. The van der Waals surface area contributed by atoms with Crippen LogP contribution in [-0.4, -0.2) is 17.0 Å². The maximum atomic E-state index is 12.2. The largest absolute Gasteiger partial charge is 0.481 e. The van der Waals surface area contributed by atoms with Crippen molar-refractivity contribution >= 4 is 5.91 Å². The summed E-state index contributed by atoms with van der Waals surface area (Å²) >= 11 is 0. The van der Waals surface area contributed by atoms with Crippen molar-refractivity contribution in [2.45, 2.75) is 39.3 Å². The zero-order valence-corrected chi connectivity index (χ0v) is 13.2. The normalized spacial score (nSPS) is 12.0. The van der Waals surface area contributed by atoms with Crippen molar-refractivity contribution in [3.05, 3.63) is 59.9 Å². The third-order valence-corrected chi connectivity index (χ3v) is 3.43. The van der Waals surface area contributed by atoms with Gasteiger partial charge in [-0.05, 0) is 42.2 Å². The molecule has 0 bridgehead atoms.